The Kier molecular flexibility index (Phi) is 4.96. The Labute approximate surface area is 154 Å². The number of hydrogen-bond donors (Lipinski definition) is 3. The fraction of sp³-hybridized carbons (Fsp3) is 0.600. The molecule has 2 amide bonds. The summed E-state index contributed by atoms with van der Waals surface area (Å²) < 4.78 is 5.39. The maximum absolute atomic E-state index is 13.0. The SMILES string of the molecule is O=C(Nc1ccc(NC(=O)[C@@]23CCCC[C@H]2CNC3)cc1)C1CCCO1. The molecule has 3 aliphatic rings. The van der Waals surface area contributed by atoms with Crippen LogP contribution >= 0.6 is 0 Å². The van der Waals surface area contributed by atoms with E-state index < -0.39 is 0 Å². The highest BCUT2D eigenvalue weighted by Crippen LogP contribution is 2.44. The third kappa shape index (κ3) is 3.35. The average molecular weight is 357 g/mol. The monoisotopic (exact) mass is 357 g/mol. The molecule has 3 fully saturated rings. The van der Waals surface area contributed by atoms with Crippen molar-refractivity contribution in [2.45, 2.75) is 44.6 Å². The maximum atomic E-state index is 13.0. The number of carbonyl (C=O) groups excluding carboxylic acids is 2. The lowest BCUT2D eigenvalue weighted by Crippen LogP contribution is -2.44. The molecule has 140 valence electrons. The van der Waals surface area contributed by atoms with Gasteiger partial charge in [-0.2, -0.15) is 0 Å². The molecule has 0 aromatic heterocycles. The van der Waals surface area contributed by atoms with Crippen LogP contribution < -0.4 is 16.0 Å². The minimum absolute atomic E-state index is 0.0970. The van der Waals surface area contributed by atoms with E-state index in [0.717, 1.165) is 56.6 Å². The molecule has 0 radical (unpaired) electrons. The normalized spacial score (nSPS) is 30.6. The highest BCUT2D eigenvalue weighted by molar-refractivity contribution is 5.97. The standard InChI is InChI=1S/C20H27N3O3/c24-18(17-5-3-11-26-17)22-15-6-8-16(9-7-15)23-19(25)20-10-2-1-4-14(20)12-21-13-20/h6-9,14,17,21H,1-5,10-13H2,(H,22,24)(H,23,25)/t14-,17?,20+/m0/s1. The summed E-state index contributed by atoms with van der Waals surface area (Å²) in [5.74, 6) is 0.477. The zero-order chi connectivity index (χ0) is 18.0. The second kappa shape index (κ2) is 7.37. The van der Waals surface area contributed by atoms with Crippen molar-refractivity contribution >= 4 is 23.2 Å². The topological polar surface area (TPSA) is 79.5 Å². The summed E-state index contributed by atoms with van der Waals surface area (Å²) in [6.45, 7) is 2.38. The number of anilines is 2. The molecule has 26 heavy (non-hydrogen) atoms. The predicted molar refractivity (Wildman–Crippen MR) is 99.9 cm³/mol. The molecule has 3 N–H and O–H groups in total. The number of benzene rings is 1. The molecule has 0 spiro atoms. The molecule has 1 aliphatic carbocycles. The lowest BCUT2D eigenvalue weighted by atomic mass is 9.67. The third-order valence-electron chi connectivity index (χ3n) is 6.12. The van der Waals surface area contributed by atoms with Gasteiger partial charge in [0.05, 0.1) is 5.41 Å². The first-order chi connectivity index (χ1) is 12.7. The Hall–Kier alpha value is -1.92. The Balaban J connectivity index is 1.38. The Bertz CT molecular complexity index is 669. The molecule has 0 bridgehead atoms. The second-order valence-electron chi connectivity index (χ2n) is 7.75. The van der Waals surface area contributed by atoms with Crippen LogP contribution in [-0.4, -0.2) is 37.6 Å². The number of rotatable bonds is 4. The molecule has 1 aromatic rings. The molecular weight excluding hydrogens is 330 g/mol. The van der Waals surface area contributed by atoms with Crippen LogP contribution in [0.1, 0.15) is 38.5 Å². The van der Waals surface area contributed by atoms with Crippen LogP contribution in [0.4, 0.5) is 11.4 Å². The second-order valence-corrected chi connectivity index (χ2v) is 7.75. The summed E-state index contributed by atoms with van der Waals surface area (Å²) in [5, 5.41) is 9.38. The van der Waals surface area contributed by atoms with Crippen LogP contribution in [-0.2, 0) is 14.3 Å². The van der Waals surface area contributed by atoms with Gasteiger partial charge in [0.1, 0.15) is 6.10 Å². The summed E-state index contributed by atoms with van der Waals surface area (Å²) in [6, 6.07) is 7.34. The predicted octanol–water partition coefficient (Wildman–Crippen LogP) is 2.52. The number of hydrogen-bond acceptors (Lipinski definition) is 4. The van der Waals surface area contributed by atoms with Crippen LogP contribution in [0.3, 0.4) is 0 Å². The van der Waals surface area contributed by atoms with E-state index in [0.29, 0.717) is 12.5 Å². The van der Waals surface area contributed by atoms with Crippen molar-refractivity contribution in [3.05, 3.63) is 24.3 Å². The first-order valence-corrected chi connectivity index (χ1v) is 9.72. The van der Waals surface area contributed by atoms with Crippen molar-refractivity contribution < 1.29 is 14.3 Å². The Morgan fingerprint density at radius 2 is 1.81 bits per heavy atom. The van der Waals surface area contributed by atoms with E-state index >= 15 is 0 Å². The molecule has 3 atom stereocenters. The number of nitrogens with one attached hydrogen (secondary N) is 3. The van der Waals surface area contributed by atoms with Gasteiger partial charge in [0.2, 0.25) is 5.91 Å². The van der Waals surface area contributed by atoms with Crippen molar-refractivity contribution in [2.24, 2.45) is 11.3 Å². The van der Waals surface area contributed by atoms with E-state index in [1.54, 1.807) is 0 Å². The van der Waals surface area contributed by atoms with Crippen molar-refractivity contribution in [2.75, 3.05) is 30.3 Å². The largest absolute Gasteiger partial charge is 0.368 e. The fourth-order valence-corrected chi connectivity index (χ4v) is 4.59. The van der Waals surface area contributed by atoms with Crippen molar-refractivity contribution in [1.29, 1.82) is 0 Å². The molecule has 6 heteroatoms. The molecule has 6 nitrogen and oxygen atoms in total. The molecule has 1 saturated carbocycles. The Morgan fingerprint density at radius 1 is 1.04 bits per heavy atom. The number of ether oxygens (including phenoxy) is 1. The van der Waals surface area contributed by atoms with Gasteiger partial charge in [-0.15, -0.1) is 0 Å². The first-order valence-electron chi connectivity index (χ1n) is 9.72. The highest BCUT2D eigenvalue weighted by atomic mass is 16.5. The van der Waals surface area contributed by atoms with Crippen LogP contribution in [0.2, 0.25) is 0 Å². The van der Waals surface area contributed by atoms with Crippen molar-refractivity contribution in [3.8, 4) is 0 Å². The zero-order valence-corrected chi connectivity index (χ0v) is 15.1. The van der Waals surface area contributed by atoms with E-state index in [9.17, 15) is 9.59 Å². The quantitative estimate of drug-likeness (QED) is 0.774. The van der Waals surface area contributed by atoms with Gasteiger partial charge in [0, 0.05) is 24.5 Å². The summed E-state index contributed by atoms with van der Waals surface area (Å²) in [7, 11) is 0. The van der Waals surface area contributed by atoms with Crippen LogP contribution in [0.5, 0.6) is 0 Å². The molecule has 2 aliphatic heterocycles. The molecule has 4 rings (SSSR count). The first kappa shape index (κ1) is 17.5. The number of amides is 2. The summed E-state index contributed by atoms with van der Waals surface area (Å²) >= 11 is 0. The van der Waals surface area contributed by atoms with Crippen molar-refractivity contribution in [1.82, 2.24) is 5.32 Å². The van der Waals surface area contributed by atoms with Crippen molar-refractivity contribution in [3.63, 3.8) is 0 Å². The summed E-state index contributed by atoms with van der Waals surface area (Å²) in [6.07, 6.45) is 5.81. The highest BCUT2D eigenvalue weighted by Gasteiger charge is 2.49. The van der Waals surface area contributed by atoms with Gasteiger partial charge < -0.3 is 20.7 Å². The summed E-state index contributed by atoms with van der Waals surface area (Å²) in [4.78, 5) is 25.1. The van der Waals surface area contributed by atoms with Crippen LogP contribution in [0.15, 0.2) is 24.3 Å². The smallest absolute Gasteiger partial charge is 0.253 e. The molecule has 1 unspecified atom stereocenters. The van der Waals surface area contributed by atoms with E-state index in [4.69, 9.17) is 4.74 Å². The average Bonchev–Trinajstić information content (AvgIpc) is 3.33. The maximum Gasteiger partial charge on any atom is 0.253 e. The van der Waals surface area contributed by atoms with Gasteiger partial charge in [-0.05, 0) is 62.4 Å². The lowest BCUT2D eigenvalue weighted by Gasteiger charge is -2.37. The van der Waals surface area contributed by atoms with E-state index in [2.05, 4.69) is 16.0 Å². The lowest BCUT2D eigenvalue weighted by molar-refractivity contribution is -0.128. The Morgan fingerprint density at radius 3 is 2.54 bits per heavy atom. The minimum atomic E-state index is -0.341. The van der Waals surface area contributed by atoms with Gasteiger partial charge in [-0.1, -0.05) is 12.8 Å². The minimum Gasteiger partial charge on any atom is -0.368 e. The summed E-state index contributed by atoms with van der Waals surface area (Å²) in [5.41, 5.74) is 1.24. The third-order valence-corrected chi connectivity index (χ3v) is 6.12. The molecule has 1 aromatic carbocycles. The fourth-order valence-electron chi connectivity index (χ4n) is 4.59. The number of carbonyl (C=O) groups is 2. The van der Waals surface area contributed by atoms with Gasteiger partial charge in [-0.3, -0.25) is 9.59 Å². The zero-order valence-electron chi connectivity index (χ0n) is 15.1. The van der Waals surface area contributed by atoms with E-state index in [-0.39, 0.29) is 23.3 Å². The van der Waals surface area contributed by atoms with Gasteiger partial charge in [-0.25, -0.2) is 0 Å². The molecule has 2 heterocycles. The van der Waals surface area contributed by atoms with Gasteiger partial charge in [0.25, 0.3) is 5.91 Å². The number of fused-ring (bicyclic) bond motifs is 1. The van der Waals surface area contributed by atoms with Crippen LogP contribution in [0, 0.1) is 11.3 Å². The van der Waals surface area contributed by atoms with Gasteiger partial charge in [0.15, 0.2) is 0 Å². The van der Waals surface area contributed by atoms with Gasteiger partial charge >= 0.3 is 0 Å². The molecule has 2 saturated heterocycles. The molecular formula is C20H27N3O3. The van der Waals surface area contributed by atoms with E-state index in [1.165, 1.54) is 6.42 Å². The van der Waals surface area contributed by atoms with Crippen LogP contribution in [0.25, 0.3) is 0 Å². The van der Waals surface area contributed by atoms with E-state index in [1.807, 2.05) is 24.3 Å².